The second-order valence-electron chi connectivity index (χ2n) is 5.72. The molecule has 0 radical (unpaired) electrons. The van der Waals surface area contributed by atoms with Gasteiger partial charge in [0.05, 0.1) is 18.8 Å². The third kappa shape index (κ3) is 2.63. The number of halogens is 1. The molecule has 1 amide bonds. The Morgan fingerprint density at radius 3 is 2.95 bits per heavy atom. The van der Waals surface area contributed by atoms with Crippen LogP contribution in [0.1, 0.15) is 41.6 Å². The van der Waals surface area contributed by atoms with Crippen LogP contribution in [0.5, 0.6) is 0 Å². The van der Waals surface area contributed by atoms with Gasteiger partial charge >= 0.3 is 0 Å². The summed E-state index contributed by atoms with van der Waals surface area (Å²) in [4.78, 5) is 14.8. The van der Waals surface area contributed by atoms with Gasteiger partial charge in [-0.2, -0.15) is 0 Å². The Morgan fingerprint density at radius 1 is 1.35 bits per heavy atom. The standard InChI is InChI=1S/C16H20BrNO2/c1-11-6-7-12(10-13(11)17)16(19)18-8-9-20-15-5-3-2-4-14(15)18/h6-7,10,14-15H,2-5,8-9H2,1H3. The quantitative estimate of drug-likeness (QED) is 0.784. The number of amides is 1. The van der Waals surface area contributed by atoms with E-state index in [-0.39, 0.29) is 18.1 Å². The molecular formula is C16H20BrNO2. The summed E-state index contributed by atoms with van der Waals surface area (Å²) in [7, 11) is 0. The van der Waals surface area contributed by atoms with Crippen molar-refractivity contribution in [3.8, 4) is 0 Å². The first-order valence-electron chi connectivity index (χ1n) is 7.35. The first-order chi connectivity index (χ1) is 9.66. The van der Waals surface area contributed by atoms with Crippen LogP contribution in [0.4, 0.5) is 0 Å². The first-order valence-corrected chi connectivity index (χ1v) is 8.15. The number of nitrogens with zero attached hydrogens (tertiary/aromatic N) is 1. The van der Waals surface area contributed by atoms with E-state index in [9.17, 15) is 4.79 Å². The number of aryl methyl sites for hydroxylation is 1. The van der Waals surface area contributed by atoms with Crippen LogP contribution in [-0.2, 0) is 4.74 Å². The summed E-state index contributed by atoms with van der Waals surface area (Å²) in [6.07, 6.45) is 4.83. The summed E-state index contributed by atoms with van der Waals surface area (Å²) in [6, 6.07) is 6.13. The molecule has 3 rings (SSSR count). The highest BCUT2D eigenvalue weighted by molar-refractivity contribution is 9.10. The molecule has 0 bridgehead atoms. The molecule has 1 saturated carbocycles. The van der Waals surface area contributed by atoms with E-state index in [0.29, 0.717) is 13.2 Å². The lowest BCUT2D eigenvalue weighted by atomic mass is 9.89. The Bertz CT molecular complexity index is 515. The van der Waals surface area contributed by atoms with Gasteiger partial charge in [-0.15, -0.1) is 0 Å². The van der Waals surface area contributed by atoms with Gasteiger partial charge in [0.2, 0.25) is 0 Å². The molecule has 1 aromatic rings. The van der Waals surface area contributed by atoms with Crippen molar-refractivity contribution in [2.24, 2.45) is 0 Å². The second kappa shape index (κ2) is 5.86. The van der Waals surface area contributed by atoms with E-state index in [2.05, 4.69) is 15.9 Å². The number of hydrogen-bond acceptors (Lipinski definition) is 2. The maximum Gasteiger partial charge on any atom is 0.254 e. The van der Waals surface area contributed by atoms with Crippen molar-refractivity contribution < 1.29 is 9.53 Å². The minimum Gasteiger partial charge on any atom is -0.374 e. The zero-order valence-electron chi connectivity index (χ0n) is 11.8. The number of benzene rings is 1. The van der Waals surface area contributed by atoms with Gasteiger partial charge in [0.15, 0.2) is 0 Å². The largest absolute Gasteiger partial charge is 0.374 e. The summed E-state index contributed by atoms with van der Waals surface area (Å²) in [5.41, 5.74) is 1.92. The molecule has 4 heteroatoms. The van der Waals surface area contributed by atoms with Crippen LogP contribution in [0.3, 0.4) is 0 Å². The molecule has 2 aliphatic rings. The van der Waals surface area contributed by atoms with Crippen molar-refractivity contribution >= 4 is 21.8 Å². The van der Waals surface area contributed by atoms with Gasteiger partial charge in [-0.05, 0) is 37.5 Å². The normalized spacial score (nSPS) is 26.2. The molecule has 0 N–H and O–H groups in total. The van der Waals surface area contributed by atoms with Crippen molar-refractivity contribution in [2.75, 3.05) is 13.2 Å². The Labute approximate surface area is 128 Å². The molecule has 2 fully saturated rings. The molecule has 3 nitrogen and oxygen atoms in total. The monoisotopic (exact) mass is 337 g/mol. The number of carbonyl (C=O) groups excluding carboxylic acids is 1. The minimum atomic E-state index is 0.144. The molecule has 2 atom stereocenters. The summed E-state index contributed by atoms with van der Waals surface area (Å²) in [6.45, 7) is 3.41. The maximum absolute atomic E-state index is 12.8. The fourth-order valence-electron chi connectivity index (χ4n) is 3.24. The molecule has 20 heavy (non-hydrogen) atoms. The lowest BCUT2D eigenvalue weighted by molar-refractivity contribution is -0.0752. The predicted octanol–water partition coefficient (Wildman–Crippen LogP) is 3.54. The molecule has 108 valence electrons. The SMILES string of the molecule is Cc1ccc(C(=O)N2CCOC3CCCCC32)cc1Br. The number of hydrogen-bond donors (Lipinski definition) is 0. The molecule has 1 saturated heterocycles. The predicted molar refractivity (Wildman–Crippen MR) is 81.9 cm³/mol. The summed E-state index contributed by atoms with van der Waals surface area (Å²) in [5.74, 6) is 0.144. The van der Waals surface area contributed by atoms with Gasteiger partial charge in [0, 0.05) is 16.6 Å². The Balaban J connectivity index is 1.83. The highest BCUT2D eigenvalue weighted by Gasteiger charge is 2.36. The number of morpholine rings is 1. The van der Waals surface area contributed by atoms with Crippen molar-refractivity contribution in [1.29, 1.82) is 0 Å². The van der Waals surface area contributed by atoms with Crippen LogP contribution in [0.25, 0.3) is 0 Å². The van der Waals surface area contributed by atoms with Gasteiger partial charge in [-0.3, -0.25) is 4.79 Å². The molecule has 0 spiro atoms. The zero-order chi connectivity index (χ0) is 14.1. The third-order valence-electron chi connectivity index (χ3n) is 4.41. The van der Waals surface area contributed by atoms with E-state index in [1.54, 1.807) is 0 Å². The van der Waals surface area contributed by atoms with Crippen LogP contribution in [0.15, 0.2) is 22.7 Å². The molecular weight excluding hydrogens is 318 g/mol. The van der Waals surface area contributed by atoms with Crippen molar-refractivity contribution in [1.82, 2.24) is 4.90 Å². The average molecular weight is 338 g/mol. The molecule has 0 aromatic heterocycles. The summed E-state index contributed by atoms with van der Waals surface area (Å²) >= 11 is 3.51. The lowest BCUT2D eigenvalue weighted by Gasteiger charge is -2.43. The molecule has 1 aliphatic carbocycles. The van der Waals surface area contributed by atoms with Crippen LogP contribution < -0.4 is 0 Å². The van der Waals surface area contributed by atoms with E-state index in [1.807, 2.05) is 30.0 Å². The van der Waals surface area contributed by atoms with Gasteiger partial charge in [-0.1, -0.05) is 34.8 Å². The van der Waals surface area contributed by atoms with Crippen LogP contribution in [0.2, 0.25) is 0 Å². The fourth-order valence-corrected chi connectivity index (χ4v) is 3.62. The molecule has 1 aliphatic heterocycles. The van der Waals surface area contributed by atoms with Crippen LogP contribution in [0, 0.1) is 6.92 Å². The average Bonchev–Trinajstić information content (AvgIpc) is 2.49. The van der Waals surface area contributed by atoms with E-state index in [1.165, 1.54) is 12.8 Å². The van der Waals surface area contributed by atoms with Crippen molar-refractivity contribution in [3.05, 3.63) is 33.8 Å². The van der Waals surface area contributed by atoms with Gasteiger partial charge in [0.1, 0.15) is 0 Å². The van der Waals surface area contributed by atoms with E-state index in [4.69, 9.17) is 4.74 Å². The number of fused-ring (bicyclic) bond motifs is 1. The van der Waals surface area contributed by atoms with Gasteiger partial charge in [-0.25, -0.2) is 0 Å². The summed E-state index contributed by atoms with van der Waals surface area (Å²) in [5, 5.41) is 0. The lowest BCUT2D eigenvalue weighted by Crippen LogP contribution is -2.54. The smallest absolute Gasteiger partial charge is 0.254 e. The minimum absolute atomic E-state index is 0.144. The van der Waals surface area contributed by atoms with Gasteiger partial charge < -0.3 is 9.64 Å². The van der Waals surface area contributed by atoms with Gasteiger partial charge in [0.25, 0.3) is 5.91 Å². The number of rotatable bonds is 1. The van der Waals surface area contributed by atoms with Crippen LogP contribution >= 0.6 is 15.9 Å². The van der Waals surface area contributed by atoms with Crippen LogP contribution in [-0.4, -0.2) is 36.1 Å². The summed E-state index contributed by atoms with van der Waals surface area (Å²) < 4.78 is 6.83. The number of ether oxygens (including phenoxy) is 1. The molecule has 1 heterocycles. The third-order valence-corrected chi connectivity index (χ3v) is 5.27. The van der Waals surface area contributed by atoms with E-state index in [0.717, 1.165) is 28.4 Å². The molecule has 1 aromatic carbocycles. The number of carbonyl (C=O) groups is 1. The maximum atomic E-state index is 12.8. The highest BCUT2D eigenvalue weighted by Crippen LogP contribution is 2.30. The van der Waals surface area contributed by atoms with E-state index >= 15 is 0 Å². The van der Waals surface area contributed by atoms with E-state index < -0.39 is 0 Å². The Hall–Kier alpha value is -0.870. The van der Waals surface area contributed by atoms with Crippen molar-refractivity contribution in [2.45, 2.75) is 44.8 Å². The first kappa shape index (κ1) is 14.1. The van der Waals surface area contributed by atoms with Crippen molar-refractivity contribution in [3.63, 3.8) is 0 Å². The second-order valence-corrected chi connectivity index (χ2v) is 6.58. The Morgan fingerprint density at radius 2 is 2.15 bits per heavy atom. The fraction of sp³-hybridized carbons (Fsp3) is 0.562. The Kier molecular flexibility index (Phi) is 4.13. The molecule has 2 unspecified atom stereocenters. The highest BCUT2D eigenvalue weighted by atomic mass is 79.9. The topological polar surface area (TPSA) is 29.5 Å². The zero-order valence-corrected chi connectivity index (χ0v) is 13.4.